The van der Waals surface area contributed by atoms with Gasteiger partial charge in [0.25, 0.3) is 0 Å². The van der Waals surface area contributed by atoms with Crippen molar-refractivity contribution in [2.24, 2.45) is 4.99 Å². The molecule has 7 nitrogen and oxygen atoms in total. The first kappa shape index (κ1) is 23.2. The van der Waals surface area contributed by atoms with Gasteiger partial charge in [0.05, 0.1) is 12.8 Å². The summed E-state index contributed by atoms with van der Waals surface area (Å²) in [5.41, 5.74) is 1.89. The number of nitrogens with zero attached hydrogens (tertiary/aromatic N) is 3. The van der Waals surface area contributed by atoms with Crippen LogP contribution in [0.5, 0.6) is 11.5 Å². The van der Waals surface area contributed by atoms with E-state index in [9.17, 15) is 5.11 Å². The van der Waals surface area contributed by atoms with E-state index in [-0.39, 0.29) is 29.7 Å². The number of aromatic nitrogens is 1. The summed E-state index contributed by atoms with van der Waals surface area (Å²) in [7, 11) is 3.38. The minimum Gasteiger partial charge on any atom is -0.508 e. The standard InChI is InChI=1S/C21H29N5O2.HI/c1-22-21(24-14-16-13-19(28-2)6-7-20(16)27)25-17-8-11-26(12-9-17)15-18-5-3-4-10-23-18;/h3-7,10,13,17,27H,8-9,11-12,14-15H2,1-2H3,(H2,22,24,25);1H. The van der Waals surface area contributed by atoms with E-state index < -0.39 is 0 Å². The van der Waals surface area contributed by atoms with Gasteiger partial charge in [-0.3, -0.25) is 14.9 Å². The summed E-state index contributed by atoms with van der Waals surface area (Å²) in [5.74, 6) is 1.70. The third-order valence-electron chi connectivity index (χ3n) is 5.00. The molecule has 1 aromatic heterocycles. The topological polar surface area (TPSA) is 82.0 Å². The highest BCUT2D eigenvalue weighted by Gasteiger charge is 2.20. The van der Waals surface area contributed by atoms with E-state index in [1.165, 1.54) is 0 Å². The van der Waals surface area contributed by atoms with Crippen LogP contribution >= 0.6 is 24.0 Å². The summed E-state index contributed by atoms with van der Waals surface area (Å²) in [6, 6.07) is 11.6. The smallest absolute Gasteiger partial charge is 0.191 e. The Hall–Kier alpha value is -2.07. The zero-order valence-electron chi connectivity index (χ0n) is 17.0. The summed E-state index contributed by atoms with van der Waals surface area (Å²) in [4.78, 5) is 11.2. The normalized spacial score (nSPS) is 15.4. The number of pyridine rings is 1. The number of halogens is 1. The lowest BCUT2D eigenvalue weighted by Crippen LogP contribution is -2.48. The van der Waals surface area contributed by atoms with Gasteiger partial charge in [-0.1, -0.05) is 6.07 Å². The molecule has 1 aliphatic heterocycles. The van der Waals surface area contributed by atoms with Crippen molar-refractivity contribution in [1.82, 2.24) is 20.5 Å². The number of methoxy groups -OCH3 is 1. The molecule has 0 amide bonds. The predicted molar refractivity (Wildman–Crippen MR) is 126 cm³/mol. The lowest BCUT2D eigenvalue weighted by molar-refractivity contribution is 0.196. The molecule has 3 N–H and O–H groups in total. The van der Waals surface area contributed by atoms with Crippen molar-refractivity contribution >= 4 is 29.9 Å². The number of rotatable bonds is 6. The van der Waals surface area contributed by atoms with Crippen LogP contribution in [0.1, 0.15) is 24.1 Å². The fourth-order valence-electron chi connectivity index (χ4n) is 3.35. The number of hydrogen-bond acceptors (Lipinski definition) is 5. The Morgan fingerprint density at radius 3 is 2.72 bits per heavy atom. The Morgan fingerprint density at radius 2 is 2.07 bits per heavy atom. The second-order valence-electron chi connectivity index (χ2n) is 6.94. The molecule has 1 fully saturated rings. The lowest BCUT2D eigenvalue weighted by Gasteiger charge is -2.32. The molecule has 29 heavy (non-hydrogen) atoms. The molecular formula is C21H30IN5O2. The molecular weight excluding hydrogens is 481 g/mol. The van der Waals surface area contributed by atoms with Gasteiger partial charge in [-0.25, -0.2) is 0 Å². The van der Waals surface area contributed by atoms with Gasteiger partial charge in [0, 0.05) is 51.0 Å². The van der Waals surface area contributed by atoms with Crippen LogP contribution in [0.15, 0.2) is 47.6 Å². The van der Waals surface area contributed by atoms with E-state index in [0.29, 0.717) is 12.6 Å². The summed E-state index contributed by atoms with van der Waals surface area (Å²) >= 11 is 0. The van der Waals surface area contributed by atoms with Crippen LogP contribution < -0.4 is 15.4 Å². The Bertz CT molecular complexity index is 780. The van der Waals surface area contributed by atoms with E-state index in [1.807, 2.05) is 24.4 Å². The zero-order valence-corrected chi connectivity index (χ0v) is 19.3. The quantitative estimate of drug-likeness (QED) is 0.315. The number of likely N-dealkylation sites (tertiary alicyclic amines) is 1. The largest absolute Gasteiger partial charge is 0.508 e. The van der Waals surface area contributed by atoms with Gasteiger partial charge in [-0.15, -0.1) is 24.0 Å². The minimum absolute atomic E-state index is 0. The highest BCUT2D eigenvalue weighted by molar-refractivity contribution is 14.0. The van der Waals surface area contributed by atoms with E-state index in [0.717, 1.165) is 55.4 Å². The van der Waals surface area contributed by atoms with Gasteiger partial charge in [-0.05, 0) is 43.2 Å². The Balaban J connectivity index is 0.00000300. The van der Waals surface area contributed by atoms with Crippen molar-refractivity contribution in [3.05, 3.63) is 53.9 Å². The molecule has 158 valence electrons. The number of phenolic OH excluding ortho intramolecular Hbond substituents is 1. The van der Waals surface area contributed by atoms with Gasteiger partial charge in [0.1, 0.15) is 11.5 Å². The molecule has 8 heteroatoms. The Labute approximate surface area is 189 Å². The molecule has 0 spiro atoms. The third-order valence-corrected chi connectivity index (χ3v) is 5.00. The highest BCUT2D eigenvalue weighted by Crippen LogP contribution is 2.22. The maximum absolute atomic E-state index is 10.0. The second-order valence-corrected chi connectivity index (χ2v) is 6.94. The van der Waals surface area contributed by atoms with Crippen molar-refractivity contribution in [2.75, 3.05) is 27.2 Å². The molecule has 1 aromatic carbocycles. The van der Waals surface area contributed by atoms with Crippen molar-refractivity contribution in [1.29, 1.82) is 0 Å². The second kappa shape index (κ2) is 11.8. The average molecular weight is 511 g/mol. The molecule has 1 saturated heterocycles. The van der Waals surface area contributed by atoms with E-state index in [1.54, 1.807) is 26.3 Å². The van der Waals surface area contributed by atoms with E-state index >= 15 is 0 Å². The van der Waals surface area contributed by atoms with E-state index in [4.69, 9.17) is 4.74 Å². The minimum atomic E-state index is 0. The molecule has 0 atom stereocenters. The van der Waals surface area contributed by atoms with Crippen LogP contribution in [0.3, 0.4) is 0 Å². The van der Waals surface area contributed by atoms with Gasteiger partial charge >= 0.3 is 0 Å². The molecule has 1 aliphatic rings. The molecule has 0 bridgehead atoms. The van der Waals surface area contributed by atoms with Gasteiger partial charge in [0.2, 0.25) is 0 Å². The number of benzene rings is 1. The van der Waals surface area contributed by atoms with Crippen LogP contribution in [0.4, 0.5) is 0 Å². The fourth-order valence-corrected chi connectivity index (χ4v) is 3.35. The van der Waals surface area contributed by atoms with Crippen LogP contribution in [0.2, 0.25) is 0 Å². The average Bonchev–Trinajstić information content (AvgIpc) is 2.74. The number of guanidine groups is 1. The van der Waals surface area contributed by atoms with Crippen LogP contribution in [-0.4, -0.2) is 54.2 Å². The Morgan fingerprint density at radius 1 is 1.28 bits per heavy atom. The van der Waals surface area contributed by atoms with Crippen LogP contribution in [-0.2, 0) is 13.1 Å². The van der Waals surface area contributed by atoms with Crippen molar-refractivity contribution < 1.29 is 9.84 Å². The van der Waals surface area contributed by atoms with Crippen molar-refractivity contribution in [3.63, 3.8) is 0 Å². The number of nitrogens with one attached hydrogen (secondary N) is 2. The number of hydrogen-bond donors (Lipinski definition) is 3. The number of phenols is 1. The molecule has 0 saturated carbocycles. The van der Waals surface area contributed by atoms with Gasteiger partial charge < -0.3 is 20.5 Å². The summed E-state index contributed by atoms with van der Waals surface area (Å²) in [6.45, 7) is 3.43. The number of piperidine rings is 1. The summed E-state index contributed by atoms with van der Waals surface area (Å²) in [6.07, 6.45) is 3.95. The maximum atomic E-state index is 10.0. The molecule has 0 radical (unpaired) electrons. The zero-order chi connectivity index (χ0) is 19.8. The van der Waals surface area contributed by atoms with Crippen LogP contribution in [0.25, 0.3) is 0 Å². The third kappa shape index (κ3) is 7.04. The predicted octanol–water partition coefficient (Wildman–Crippen LogP) is 2.74. The number of aliphatic imine (C=N–C) groups is 1. The highest BCUT2D eigenvalue weighted by atomic mass is 127. The Kier molecular flexibility index (Phi) is 9.46. The SMILES string of the molecule is CN=C(NCc1cc(OC)ccc1O)NC1CCN(Cc2ccccn2)CC1.I. The molecule has 2 heterocycles. The van der Waals surface area contributed by atoms with Crippen molar-refractivity contribution in [2.45, 2.75) is 32.0 Å². The first-order valence-electron chi connectivity index (χ1n) is 9.63. The monoisotopic (exact) mass is 511 g/mol. The van der Waals surface area contributed by atoms with Crippen LogP contribution in [0, 0.1) is 0 Å². The first-order chi connectivity index (χ1) is 13.7. The van der Waals surface area contributed by atoms with Crippen molar-refractivity contribution in [3.8, 4) is 11.5 Å². The molecule has 3 rings (SSSR count). The number of ether oxygens (including phenoxy) is 1. The molecule has 0 aliphatic carbocycles. The lowest BCUT2D eigenvalue weighted by atomic mass is 10.0. The number of aromatic hydroxyl groups is 1. The summed E-state index contributed by atoms with van der Waals surface area (Å²) < 4.78 is 5.22. The van der Waals surface area contributed by atoms with Gasteiger partial charge in [0.15, 0.2) is 5.96 Å². The van der Waals surface area contributed by atoms with E-state index in [2.05, 4.69) is 31.6 Å². The first-order valence-corrected chi connectivity index (χ1v) is 9.63. The fraction of sp³-hybridized carbons (Fsp3) is 0.429. The molecule has 2 aromatic rings. The van der Waals surface area contributed by atoms with Gasteiger partial charge in [-0.2, -0.15) is 0 Å². The summed E-state index contributed by atoms with van der Waals surface area (Å²) in [5, 5.41) is 16.8. The maximum Gasteiger partial charge on any atom is 0.191 e. The molecule has 0 unspecified atom stereocenters.